The summed E-state index contributed by atoms with van der Waals surface area (Å²) in [6, 6.07) is 1.04. The van der Waals surface area contributed by atoms with Gasteiger partial charge in [-0.1, -0.05) is 13.8 Å². The Hall–Kier alpha value is -0.0800. The van der Waals surface area contributed by atoms with Gasteiger partial charge in [-0.3, -0.25) is 4.90 Å². The van der Waals surface area contributed by atoms with Crippen molar-refractivity contribution in [2.45, 2.75) is 52.6 Å². The Balaban J connectivity index is 0.000000561. The van der Waals surface area contributed by atoms with E-state index in [0.717, 1.165) is 0 Å². The van der Waals surface area contributed by atoms with E-state index in [0.29, 0.717) is 18.7 Å². The van der Waals surface area contributed by atoms with E-state index < -0.39 is 0 Å². The topological polar surface area (TPSA) is 23.5 Å². The summed E-state index contributed by atoms with van der Waals surface area (Å²) in [6.07, 6.45) is 2.43. The van der Waals surface area contributed by atoms with Crippen molar-refractivity contribution in [1.29, 1.82) is 0 Å². The van der Waals surface area contributed by atoms with E-state index in [4.69, 9.17) is 5.11 Å². The Labute approximate surface area is 76.6 Å². The van der Waals surface area contributed by atoms with Crippen LogP contribution in [0.15, 0.2) is 0 Å². The molecule has 1 heterocycles. The van der Waals surface area contributed by atoms with E-state index in [2.05, 4.69) is 18.7 Å². The summed E-state index contributed by atoms with van der Waals surface area (Å²) in [4.78, 5) is 2.38. The number of rotatable bonds is 2. The summed E-state index contributed by atoms with van der Waals surface area (Å²) in [5.41, 5.74) is 0. The highest BCUT2D eigenvalue weighted by molar-refractivity contribution is 4.80. The second kappa shape index (κ2) is 6.44. The van der Waals surface area contributed by atoms with Crippen molar-refractivity contribution < 1.29 is 5.11 Å². The van der Waals surface area contributed by atoms with Crippen molar-refractivity contribution in [3.63, 3.8) is 0 Å². The summed E-state index contributed by atoms with van der Waals surface area (Å²) >= 11 is 0. The van der Waals surface area contributed by atoms with Crippen LogP contribution < -0.4 is 0 Å². The maximum Gasteiger partial charge on any atom is 0.0586 e. The molecule has 2 nitrogen and oxygen atoms in total. The van der Waals surface area contributed by atoms with Gasteiger partial charge in [0.1, 0.15) is 0 Å². The molecule has 2 heteroatoms. The fourth-order valence-electron chi connectivity index (χ4n) is 1.73. The quantitative estimate of drug-likeness (QED) is 0.689. The third kappa shape index (κ3) is 3.11. The van der Waals surface area contributed by atoms with Crippen LogP contribution in [0.3, 0.4) is 0 Å². The van der Waals surface area contributed by atoms with Crippen LogP contribution in [0.5, 0.6) is 0 Å². The molecule has 1 fully saturated rings. The van der Waals surface area contributed by atoms with Gasteiger partial charge in [0.15, 0.2) is 0 Å². The number of hydrogen-bond donors (Lipinski definition) is 1. The average Bonchev–Trinajstić information content (AvgIpc) is 2.55. The molecule has 0 radical (unpaired) electrons. The summed E-state index contributed by atoms with van der Waals surface area (Å²) in [5, 5.41) is 8.94. The lowest BCUT2D eigenvalue weighted by atomic mass is 10.2. The predicted molar refractivity (Wildman–Crippen MR) is 53.3 cm³/mol. The lowest BCUT2D eigenvalue weighted by molar-refractivity contribution is 0.133. The van der Waals surface area contributed by atoms with Crippen LogP contribution in [0.25, 0.3) is 0 Å². The highest BCUT2D eigenvalue weighted by Crippen LogP contribution is 2.18. The van der Waals surface area contributed by atoms with Crippen molar-refractivity contribution in [3.05, 3.63) is 0 Å². The van der Waals surface area contributed by atoms with Gasteiger partial charge in [0.25, 0.3) is 0 Å². The van der Waals surface area contributed by atoms with Crippen LogP contribution >= 0.6 is 0 Å². The molecule has 12 heavy (non-hydrogen) atoms. The van der Waals surface area contributed by atoms with Gasteiger partial charge in [-0.2, -0.15) is 0 Å². The Kier molecular flexibility index (Phi) is 6.39. The van der Waals surface area contributed by atoms with Crippen molar-refractivity contribution in [3.8, 4) is 0 Å². The van der Waals surface area contributed by atoms with Gasteiger partial charge in [-0.15, -0.1) is 0 Å². The lowest BCUT2D eigenvalue weighted by Crippen LogP contribution is -2.37. The molecule has 74 valence electrons. The van der Waals surface area contributed by atoms with Gasteiger partial charge in [0, 0.05) is 12.1 Å². The van der Waals surface area contributed by atoms with E-state index in [1.54, 1.807) is 0 Å². The molecular weight excluding hydrogens is 150 g/mol. The number of aliphatic hydroxyl groups excluding tert-OH is 1. The molecule has 0 bridgehead atoms. The molecule has 0 aromatic carbocycles. The van der Waals surface area contributed by atoms with Gasteiger partial charge < -0.3 is 5.11 Å². The zero-order valence-electron chi connectivity index (χ0n) is 8.88. The highest BCUT2D eigenvalue weighted by atomic mass is 16.3. The van der Waals surface area contributed by atoms with Crippen LogP contribution in [-0.4, -0.2) is 35.2 Å². The van der Waals surface area contributed by atoms with E-state index in [1.807, 2.05) is 13.8 Å². The van der Waals surface area contributed by atoms with Crippen molar-refractivity contribution in [2.24, 2.45) is 0 Å². The Morgan fingerprint density at radius 3 is 2.33 bits per heavy atom. The van der Waals surface area contributed by atoms with Gasteiger partial charge in [-0.25, -0.2) is 0 Å². The molecule has 1 rings (SSSR count). The molecule has 0 aromatic rings. The predicted octanol–water partition coefficient (Wildman–Crippen LogP) is 1.88. The van der Waals surface area contributed by atoms with E-state index >= 15 is 0 Å². The largest absolute Gasteiger partial charge is 0.395 e. The minimum absolute atomic E-state index is 0.332. The maximum atomic E-state index is 8.94. The molecule has 1 N–H and O–H groups in total. The van der Waals surface area contributed by atoms with E-state index in [-0.39, 0.29) is 0 Å². The molecule has 0 aromatic heterocycles. The first-order chi connectivity index (χ1) is 5.75. The normalized spacial score (nSPS) is 24.0. The number of aliphatic hydroxyl groups is 1. The standard InChI is InChI=1S/C8H17NO.C2H6/c1-7(2)9-5-3-4-8(9)6-10;1-2/h7-8,10H,3-6H2,1-2H3;1-2H3. The van der Waals surface area contributed by atoms with Crippen molar-refractivity contribution >= 4 is 0 Å². The number of hydrogen-bond acceptors (Lipinski definition) is 2. The van der Waals surface area contributed by atoms with Crippen molar-refractivity contribution in [1.82, 2.24) is 4.90 Å². The smallest absolute Gasteiger partial charge is 0.0586 e. The van der Waals surface area contributed by atoms with Gasteiger partial charge >= 0.3 is 0 Å². The third-order valence-corrected chi connectivity index (χ3v) is 2.30. The molecular formula is C10H23NO. The van der Waals surface area contributed by atoms with E-state index in [1.165, 1.54) is 19.4 Å². The van der Waals surface area contributed by atoms with Crippen LogP contribution in [0.2, 0.25) is 0 Å². The highest BCUT2D eigenvalue weighted by Gasteiger charge is 2.25. The first kappa shape index (κ1) is 11.9. The molecule has 0 amide bonds. The van der Waals surface area contributed by atoms with Gasteiger partial charge in [-0.05, 0) is 33.2 Å². The van der Waals surface area contributed by atoms with Gasteiger partial charge in [0.05, 0.1) is 6.61 Å². The molecule has 0 aliphatic carbocycles. The number of nitrogens with zero attached hydrogens (tertiary/aromatic N) is 1. The van der Waals surface area contributed by atoms with E-state index in [9.17, 15) is 0 Å². The Morgan fingerprint density at radius 2 is 2.00 bits per heavy atom. The summed E-state index contributed by atoms with van der Waals surface area (Å²) in [7, 11) is 0. The average molecular weight is 173 g/mol. The zero-order valence-corrected chi connectivity index (χ0v) is 8.88. The van der Waals surface area contributed by atoms with Crippen molar-refractivity contribution in [2.75, 3.05) is 13.2 Å². The second-order valence-corrected chi connectivity index (χ2v) is 3.31. The maximum absolute atomic E-state index is 8.94. The monoisotopic (exact) mass is 173 g/mol. The van der Waals surface area contributed by atoms with Crippen LogP contribution in [0.4, 0.5) is 0 Å². The first-order valence-electron chi connectivity index (χ1n) is 5.12. The minimum atomic E-state index is 0.332. The molecule has 1 saturated heterocycles. The van der Waals surface area contributed by atoms with Crippen LogP contribution in [0, 0.1) is 0 Å². The number of likely N-dealkylation sites (tertiary alicyclic amines) is 1. The lowest BCUT2D eigenvalue weighted by Gasteiger charge is -2.26. The Morgan fingerprint density at radius 1 is 1.42 bits per heavy atom. The second-order valence-electron chi connectivity index (χ2n) is 3.31. The summed E-state index contributed by atoms with van der Waals surface area (Å²) in [6.45, 7) is 9.88. The van der Waals surface area contributed by atoms with Crippen LogP contribution in [0.1, 0.15) is 40.5 Å². The van der Waals surface area contributed by atoms with Crippen LogP contribution in [-0.2, 0) is 0 Å². The molecule has 1 aliphatic rings. The molecule has 1 unspecified atom stereocenters. The molecule has 1 aliphatic heterocycles. The summed E-state index contributed by atoms with van der Waals surface area (Å²) in [5.74, 6) is 0. The van der Waals surface area contributed by atoms with Gasteiger partial charge in [0.2, 0.25) is 0 Å². The molecule has 0 saturated carbocycles. The summed E-state index contributed by atoms with van der Waals surface area (Å²) < 4.78 is 0. The first-order valence-corrected chi connectivity index (χ1v) is 5.12. The fourth-order valence-corrected chi connectivity index (χ4v) is 1.73. The third-order valence-electron chi connectivity index (χ3n) is 2.30. The zero-order chi connectivity index (χ0) is 9.56. The fraction of sp³-hybridized carbons (Fsp3) is 1.00. The SMILES string of the molecule is CC.CC(C)N1CCCC1CO. The molecule has 0 spiro atoms. The molecule has 1 atom stereocenters. The minimum Gasteiger partial charge on any atom is -0.395 e. The Bertz CT molecular complexity index is 104.